The summed E-state index contributed by atoms with van der Waals surface area (Å²) in [6, 6.07) is 3.37. The molecular weight excluding hydrogens is 270 g/mol. The molecule has 0 saturated carbocycles. The maximum Gasteiger partial charge on any atom is 0.213 e. The molecule has 0 saturated heterocycles. The van der Waals surface area contributed by atoms with Gasteiger partial charge in [0.25, 0.3) is 0 Å². The minimum absolute atomic E-state index is 0.292. The Balaban J connectivity index is 2.21. The topological polar surface area (TPSA) is 74.1 Å². The normalized spacial score (nSPS) is 10.5. The lowest BCUT2D eigenvalue weighted by Gasteiger charge is -2.05. The number of nitrogens with zero attached hydrogens (tertiary/aromatic N) is 4. The molecule has 1 N–H and O–H groups in total. The van der Waals surface area contributed by atoms with Gasteiger partial charge in [-0.15, -0.1) is 0 Å². The second-order valence-corrected chi connectivity index (χ2v) is 4.13. The first-order valence-corrected chi connectivity index (χ1v) is 5.87. The zero-order valence-corrected chi connectivity index (χ0v) is 11.6. The number of hydrogen-bond donors (Lipinski definition) is 1. The van der Waals surface area contributed by atoms with E-state index >= 15 is 0 Å². The molecule has 8 heteroatoms. The monoisotopic (exact) mass is 283 g/mol. The second-order valence-electron chi connectivity index (χ2n) is 3.75. The molecule has 0 amide bonds. The van der Waals surface area contributed by atoms with Gasteiger partial charge in [-0.2, -0.15) is 5.10 Å². The van der Waals surface area contributed by atoms with Crippen molar-refractivity contribution in [3.05, 3.63) is 23.1 Å². The van der Waals surface area contributed by atoms with E-state index in [4.69, 9.17) is 21.1 Å². The van der Waals surface area contributed by atoms with Gasteiger partial charge in [-0.3, -0.25) is 0 Å². The molecule has 0 aliphatic rings. The highest BCUT2D eigenvalue weighted by Gasteiger charge is 2.08. The van der Waals surface area contributed by atoms with Gasteiger partial charge in [-0.25, -0.2) is 14.6 Å². The fraction of sp³-hybridized carbons (Fsp3) is 0.364. The summed E-state index contributed by atoms with van der Waals surface area (Å²) in [6.45, 7) is 0.292. The van der Waals surface area contributed by atoms with Crippen molar-refractivity contribution in [3.8, 4) is 5.88 Å². The molecule has 2 rings (SSSR count). The first kappa shape index (κ1) is 13.6. The molecule has 7 nitrogen and oxygen atoms in total. The van der Waals surface area contributed by atoms with Crippen LogP contribution in [0.5, 0.6) is 5.88 Å². The molecule has 2 heterocycles. The van der Waals surface area contributed by atoms with E-state index in [1.165, 1.54) is 0 Å². The molecular formula is C11H14ClN5O2. The van der Waals surface area contributed by atoms with E-state index < -0.39 is 0 Å². The molecule has 0 bridgehead atoms. The molecule has 19 heavy (non-hydrogen) atoms. The number of hydrogen-bond acceptors (Lipinski definition) is 6. The van der Waals surface area contributed by atoms with E-state index in [9.17, 15) is 0 Å². The lowest BCUT2D eigenvalue weighted by atomic mass is 10.5. The zero-order chi connectivity index (χ0) is 13.8. The Morgan fingerprint density at radius 2 is 2.05 bits per heavy atom. The smallest absolute Gasteiger partial charge is 0.213 e. The first-order valence-electron chi connectivity index (χ1n) is 5.50. The highest BCUT2D eigenvalue weighted by atomic mass is 35.5. The van der Waals surface area contributed by atoms with Gasteiger partial charge in [-0.1, -0.05) is 11.6 Å². The van der Waals surface area contributed by atoms with Crippen molar-refractivity contribution < 1.29 is 9.47 Å². The van der Waals surface area contributed by atoms with Gasteiger partial charge in [0.2, 0.25) is 5.88 Å². The number of methoxy groups -OCH3 is 2. The molecule has 2 aromatic rings. The standard InChI is InChI=1S/C11H14ClN5O2/c1-17-11(19-3)5-9(16-17)14-8-4-7(12)13-10(15-8)6-18-2/h4-5H,6H2,1-3H3,(H,13,14,15,16). The Morgan fingerprint density at radius 1 is 1.26 bits per heavy atom. The second kappa shape index (κ2) is 5.85. The predicted molar refractivity (Wildman–Crippen MR) is 70.8 cm³/mol. The van der Waals surface area contributed by atoms with Crippen LogP contribution >= 0.6 is 11.6 Å². The summed E-state index contributed by atoms with van der Waals surface area (Å²) in [6.07, 6.45) is 0. The third-order valence-electron chi connectivity index (χ3n) is 2.32. The lowest BCUT2D eigenvalue weighted by molar-refractivity contribution is 0.178. The maximum atomic E-state index is 5.92. The van der Waals surface area contributed by atoms with Crippen LogP contribution in [-0.4, -0.2) is 34.0 Å². The summed E-state index contributed by atoms with van der Waals surface area (Å²) in [4.78, 5) is 8.30. The summed E-state index contributed by atoms with van der Waals surface area (Å²) < 4.78 is 11.7. The molecule has 0 atom stereocenters. The van der Waals surface area contributed by atoms with Crippen LogP contribution in [0, 0.1) is 0 Å². The van der Waals surface area contributed by atoms with E-state index in [1.807, 2.05) is 0 Å². The van der Waals surface area contributed by atoms with E-state index in [0.717, 1.165) is 0 Å². The van der Waals surface area contributed by atoms with Crippen molar-refractivity contribution in [2.45, 2.75) is 6.61 Å². The van der Waals surface area contributed by atoms with Gasteiger partial charge in [0, 0.05) is 26.3 Å². The molecule has 0 fully saturated rings. The van der Waals surface area contributed by atoms with Crippen LogP contribution in [0.2, 0.25) is 5.15 Å². The Morgan fingerprint density at radius 3 is 2.68 bits per heavy atom. The SMILES string of the molecule is COCc1nc(Cl)cc(Nc2cc(OC)n(C)n2)n1. The number of aryl methyl sites for hydroxylation is 1. The van der Waals surface area contributed by atoms with Crippen molar-refractivity contribution in [1.82, 2.24) is 19.7 Å². The number of anilines is 2. The molecule has 0 radical (unpaired) electrons. The van der Waals surface area contributed by atoms with Crippen LogP contribution in [0.1, 0.15) is 5.82 Å². The van der Waals surface area contributed by atoms with E-state index in [1.54, 1.807) is 38.1 Å². The van der Waals surface area contributed by atoms with Crippen LogP contribution in [0.4, 0.5) is 11.6 Å². The quantitative estimate of drug-likeness (QED) is 0.843. The molecule has 102 valence electrons. The van der Waals surface area contributed by atoms with Gasteiger partial charge in [0.05, 0.1) is 7.11 Å². The number of ether oxygens (including phenoxy) is 2. The highest BCUT2D eigenvalue weighted by molar-refractivity contribution is 6.29. The van der Waals surface area contributed by atoms with E-state index in [0.29, 0.717) is 35.1 Å². The van der Waals surface area contributed by atoms with Gasteiger partial charge in [0.1, 0.15) is 17.6 Å². The third-order valence-corrected chi connectivity index (χ3v) is 2.51. The van der Waals surface area contributed by atoms with Crippen LogP contribution < -0.4 is 10.1 Å². The number of aromatic nitrogens is 4. The molecule has 0 aromatic carbocycles. The van der Waals surface area contributed by atoms with E-state index in [-0.39, 0.29) is 0 Å². The molecule has 0 spiro atoms. The summed E-state index contributed by atoms with van der Waals surface area (Å²) in [5, 5.41) is 7.60. The van der Waals surface area contributed by atoms with Crippen LogP contribution in [0.3, 0.4) is 0 Å². The third kappa shape index (κ3) is 3.33. The minimum Gasteiger partial charge on any atom is -0.481 e. The summed E-state index contributed by atoms with van der Waals surface area (Å²) in [5.74, 6) is 2.30. The van der Waals surface area contributed by atoms with Crippen molar-refractivity contribution in [2.75, 3.05) is 19.5 Å². The Hall–Kier alpha value is -1.86. The van der Waals surface area contributed by atoms with Gasteiger partial charge < -0.3 is 14.8 Å². The van der Waals surface area contributed by atoms with Crippen LogP contribution in [0.15, 0.2) is 12.1 Å². The van der Waals surface area contributed by atoms with Gasteiger partial charge in [-0.05, 0) is 0 Å². The fourth-order valence-corrected chi connectivity index (χ4v) is 1.76. The maximum absolute atomic E-state index is 5.92. The Bertz CT molecular complexity index is 572. The van der Waals surface area contributed by atoms with Gasteiger partial charge >= 0.3 is 0 Å². The molecule has 2 aromatic heterocycles. The van der Waals surface area contributed by atoms with Crippen molar-refractivity contribution in [3.63, 3.8) is 0 Å². The van der Waals surface area contributed by atoms with Crippen LogP contribution in [-0.2, 0) is 18.4 Å². The predicted octanol–water partition coefficient (Wildman–Crippen LogP) is 1.76. The number of halogens is 1. The van der Waals surface area contributed by atoms with Gasteiger partial charge in [0.15, 0.2) is 11.6 Å². The van der Waals surface area contributed by atoms with Crippen molar-refractivity contribution >= 4 is 23.2 Å². The highest BCUT2D eigenvalue weighted by Crippen LogP contribution is 2.20. The zero-order valence-electron chi connectivity index (χ0n) is 10.8. The summed E-state index contributed by atoms with van der Waals surface area (Å²) >= 11 is 5.92. The Labute approximate surface area is 115 Å². The largest absolute Gasteiger partial charge is 0.481 e. The average molecular weight is 284 g/mol. The molecule has 0 unspecified atom stereocenters. The Kier molecular flexibility index (Phi) is 4.18. The molecule has 0 aliphatic carbocycles. The van der Waals surface area contributed by atoms with Crippen LogP contribution in [0.25, 0.3) is 0 Å². The molecule has 0 aliphatic heterocycles. The fourth-order valence-electron chi connectivity index (χ4n) is 1.56. The first-order chi connectivity index (χ1) is 9.12. The van der Waals surface area contributed by atoms with E-state index in [2.05, 4.69) is 20.4 Å². The van der Waals surface area contributed by atoms with Crippen molar-refractivity contribution in [2.24, 2.45) is 7.05 Å². The summed E-state index contributed by atoms with van der Waals surface area (Å²) in [7, 11) is 4.94. The average Bonchev–Trinajstić information content (AvgIpc) is 2.69. The minimum atomic E-state index is 0.292. The summed E-state index contributed by atoms with van der Waals surface area (Å²) in [5.41, 5.74) is 0. The lowest BCUT2D eigenvalue weighted by Crippen LogP contribution is -2.02. The number of rotatable bonds is 5. The number of nitrogens with one attached hydrogen (secondary N) is 1. The van der Waals surface area contributed by atoms with Crippen molar-refractivity contribution in [1.29, 1.82) is 0 Å².